The first-order chi connectivity index (χ1) is 10.1. The molecule has 2 aromatic rings. The van der Waals surface area contributed by atoms with E-state index in [9.17, 15) is 9.59 Å². The highest BCUT2D eigenvalue weighted by Gasteiger charge is 2.30. The van der Waals surface area contributed by atoms with Crippen molar-refractivity contribution >= 4 is 44.8 Å². The summed E-state index contributed by atoms with van der Waals surface area (Å²) in [5, 5.41) is 10.3. The number of nitrogens with zero attached hydrogens (tertiary/aromatic N) is 2. The first-order valence-electron chi connectivity index (χ1n) is 6.57. The van der Waals surface area contributed by atoms with Gasteiger partial charge in [0.2, 0.25) is 11.8 Å². The largest absolute Gasteiger partial charge is 0.302 e. The molecule has 2 N–H and O–H groups in total. The summed E-state index contributed by atoms with van der Waals surface area (Å²) in [4.78, 5) is 31.9. The van der Waals surface area contributed by atoms with Crippen molar-refractivity contribution in [2.75, 3.05) is 10.6 Å². The predicted octanol–water partition coefficient (Wildman–Crippen LogP) is 2.44. The highest BCUT2D eigenvalue weighted by molar-refractivity contribution is 7.14. The van der Waals surface area contributed by atoms with Gasteiger partial charge in [-0.25, -0.2) is 9.97 Å². The molecule has 0 bridgehead atoms. The normalized spacial score (nSPS) is 14.0. The van der Waals surface area contributed by atoms with Gasteiger partial charge in [-0.05, 0) is 19.8 Å². The molecule has 0 saturated heterocycles. The van der Waals surface area contributed by atoms with Gasteiger partial charge in [0.15, 0.2) is 10.3 Å². The highest BCUT2D eigenvalue weighted by Crippen LogP contribution is 2.30. The molecule has 2 heterocycles. The van der Waals surface area contributed by atoms with Crippen LogP contribution in [0.2, 0.25) is 0 Å². The molecule has 0 unspecified atom stereocenters. The van der Waals surface area contributed by atoms with Gasteiger partial charge < -0.3 is 10.6 Å². The molecule has 1 fully saturated rings. The summed E-state index contributed by atoms with van der Waals surface area (Å²) in [6.45, 7) is 1.88. The van der Waals surface area contributed by atoms with Crippen LogP contribution in [0.25, 0.3) is 0 Å². The number of nitrogens with one attached hydrogen (secondary N) is 2. The lowest BCUT2D eigenvalue weighted by Crippen LogP contribution is -2.15. The van der Waals surface area contributed by atoms with E-state index in [0.29, 0.717) is 16.0 Å². The van der Waals surface area contributed by atoms with Crippen molar-refractivity contribution < 1.29 is 9.59 Å². The smallest absolute Gasteiger partial charge is 0.232 e. The molecular weight excluding hydrogens is 308 g/mol. The van der Waals surface area contributed by atoms with Crippen molar-refractivity contribution in [2.45, 2.75) is 26.2 Å². The number of carbonyl (C=O) groups is 2. The minimum absolute atomic E-state index is 0.0265. The zero-order chi connectivity index (χ0) is 14.8. The molecule has 2 amide bonds. The van der Waals surface area contributed by atoms with E-state index < -0.39 is 0 Å². The number of aromatic nitrogens is 2. The fourth-order valence-corrected chi connectivity index (χ4v) is 3.16. The monoisotopic (exact) mass is 322 g/mol. The van der Waals surface area contributed by atoms with Crippen molar-refractivity contribution in [1.29, 1.82) is 0 Å². The average Bonchev–Trinajstić information content (AvgIpc) is 3.08. The Morgan fingerprint density at radius 1 is 1.19 bits per heavy atom. The van der Waals surface area contributed by atoms with Gasteiger partial charge in [-0.1, -0.05) is 0 Å². The van der Waals surface area contributed by atoms with Gasteiger partial charge >= 0.3 is 0 Å². The maximum absolute atomic E-state index is 11.9. The van der Waals surface area contributed by atoms with Crippen LogP contribution in [0.5, 0.6) is 0 Å². The molecule has 0 radical (unpaired) electrons. The quantitative estimate of drug-likeness (QED) is 0.885. The number of amides is 2. The number of thiazole rings is 2. The molecule has 1 saturated carbocycles. The van der Waals surface area contributed by atoms with E-state index in [-0.39, 0.29) is 24.2 Å². The van der Waals surface area contributed by atoms with Gasteiger partial charge in [0.25, 0.3) is 0 Å². The maximum Gasteiger partial charge on any atom is 0.232 e. The standard InChI is InChI=1S/C13H14N4O2S2/c1-7-5-20-12(14-7)16-10(18)4-9-6-21-13(15-9)17-11(19)8-2-3-8/h5-6,8H,2-4H2,1H3,(H,14,16,18)(H,15,17,19). The third-order valence-electron chi connectivity index (χ3n) is 2.94. The molecule has 21 heavy (non-hydrogen) atoms. The number of anilines is 2. The fourth-order valence-electron chi connectivity index (χ4n) is 1.74. The fraction of sp³-hybridized carbons (Fsp3) is 0.385. The van der Waals surface area contributed by atoms with Crippen LogP contribution in [0.4, 0.5) is 10.3 Å². The lowest BCUT2D eigenvalue weighted by molar-refractivity contribution is -0.117. The van der Waals surface area contributed by atoms with Crippen LogP contribution < -0.4 is 10.6 Å². The van der Waals surface area contributed by atoms with Crippen molar-refractivity contribution in [1.82, 2.24) is 9.97 Å². The summed E-state index contributed by atoms with van der Waals surface area (Å²) in [5.74, 6) is 0.0159. The Bertz CT molecular complexity index is 675. The molecule has 0 atom stereocenters. The van der Waals surface area contributed by atoms with E-state index in [2.05, 4.69) is 20.6 Å². The van der Waals surface area contributed by atoms with Crippen molar-refractivity contribution in [3.05, 3.63) is 22.1 Å². The van der Waals surface area contributed by atoms with Gasteiger partial charge in [-0.15, -0.1) is 22.7 Å². The Morgan fingerprint density at radius 3 is 2.57 bits per heavy atom. The second-order valence-corrected chi connectivity index (χ2v) is 6.64. The van der Waals surface area contributed by atoms with E-state index >= 15 is 0 Å². The third kappa shape index (κ3) is 3.85. The minimum Gasteiger partial charge on any atom is -0.302 e. The molecule has 3 rings (SSSR count). The summed E-state index contributed by atoms with van der Waals surface area (Å²) in [6, 6.07) is 0. The second-order valence-electron chi connectivity index (χ2n) is 4.93. The zero-order valence-electron chi connectivity index (χ0n) is 11.4. The van der Waals surface area contributed by atoms with E-state index in [1.54, 1.807) is 5.38 Å². The average molecular weight is 322 g/mol. The molecule has 110 valence electrons. The summed E-state index contributed by atoms with van der Waals surface area (Å²) >= 11 is 2.73. The molecule has 1 aliphatic carbocycles. The molecule has 1 aliphatic rings. The number of carbonyl (C=O) groups excluding carboxylic acids is 2. The Hall–Kier alpha value is -1.80. The predicted molar refractivity (Wildman–Crippen MR) is 82.7 cm³/mol. The molecule has 6 nitrogen and oxygen atoms in total. The van der Waals surface area contributed by atoms with Gasteiger partial charge in [0, 0.05) is 16.7 Å². The Kier molecular flexibility index (Phi) is 3.98. The Labute approximate surface area is 129 Å². The molecule has 0 spiro atoms. The second kappa shape index (κ2) is 5.90. The van der Waals surface area contributed by atoms with E-state index in [1.807, 2.05) is 12.3 Å². The van der Waals surface area contributed by atoms with E-state index in [0.717, 1.165) is 18.5 Å². The van der Waals surface area contributed by atoms with Crippen LogP contribution in [-0.2, 0) is 16.0 Å². The summed E-state index contributed by atoms with van der Waals surface area (Å²) in [6.07, 6.45) is 2.09. The molecule has 0 aromatic carbocycles. The van der Waals surface area contributed by atoms with Crippen molar-refractivity contribution in [3.63, 3.8) is 0 Å². The van der Waals surface area contributed by atoms with Gasteiger partial charge in [0.05, 0.1) is 17.8 Å². The van der Waals surface area contributed by atoms with Crippen LogP contribution in [0.15, 0.2) is 10.8 Å². The first-order valence-corrected chi connectivity index (χ1v) is 8.33. The minimum atomic E-state index is -0.158. The van der Waals surface area contributed by atoms with Crippen LogP contribution in [0, 0.1) is 12.8 Å². The number of aryl methyl sites for hydroxylation is 1. The number of hydrogen-bond donors (Lipinski definition) is 2. The maximum atomic E-state index is 11.9. The van der Waals surface area contributed by atoms with Crippen LogP contribution in [0.1, 0.15) is 24.2 Å². The lowest BCUT2D eigenvalue weighted by Gasteiger charge is -1.99. The van der Waals surface area contributed by atoms with Gasteiger partial charge in [-0.3, -0.25) is 9.59 Å². The molecule has 0 aliphatic heterocycles. The van der Waals surface area contributed by atoms with Crippen LogP contribution in [0.3, 0.4) is 0 Å². The van der Waals surface area contributed by atoms with Crippen molar-refractivity contribution in [2.24, 2.45) is 5.92 Å². The highest BCUT2D eigenvalue weighted by atomic mass is 32.1. The van der Waals surface area contributed by atoms with Gasteiger partial charge in [-0.2, -0.15) is 0 Å². The summed E-state index contributed by atoms with van der Waals surface area (Å²) in [7, 11) is 0. The van der Waals surface area contributed by atoms with Crippen LogP contribution >= 0.6 is 22.7 Å². The summed E-state index contributed by atoms with van der Waals surface area (Å²) in [5.41, 5.74) is 1.53. The molecular formula is C13H14N4O2S2. The van der Waals surface area contributed by atoms with Crippen molar-refractivity contribution in [3.8, 4) is 0 Å². The zero-order valence-corrected chi connectivity index (χ0v) is 13.0. The third-order valence-corrected chi connectivity index (χ3v) is 4.62. The number of hydrogen-bond acceptors (Lipinski definition) is 6. The lowest BCUT2D eigenvalue weighted by atomic mass is 10.3. The number of rotatable bonds is 5. The molecule has 2 aromatic heterocycles. The van der Waals surface area contributed by atoms with E-state index in [4.69, 9.17) is 0 Å². The SMILES string of the molecule is Cc1csc(NC(=O)Cc2csc(NC(=O)C3CC3)n2)n1. The Morgan fingerprint density at radius 2 is 1.90 bits per heavy atom. The topological polar surface area (TPSA) is 84.0 Å². The van der Waals surface area contributed by atoms with E-state index in [1.165, 1.54) is 22.7 Å². The van der Waals surface area contributed by atoms with Crippen LogP contribution in [-0.4, -0.2) is 21.8 Å². The first kappa shape index (κ1) is 14.2. The Balaban J connectivity index is 1.53. The molecule has 8 heteroatoms. The van der Waals surface area contributed by atoms with Gasteiger partial charge in [0.1, 0.15) is 0 Å². The summed E-state index contributed by atoms with van der Waals surface area (Å²) < 4.78 is 0.